The van der Waals surface area contributed by atoms with Gasteiger partial charge in [0, 0.05) is 23.5 Å². The van der Waals surface area contributed by atoms with Crippen molar-refractivity contribution >= 4 is 28.2 Å². The predicted octanol–water partition coefficient (Wildman–Crippen LogP) is 4.43. The van der Waals surface area contributed by atoms with Gasteiger partial charge < -0.3 is 10.1 Å². The van der Waals surface area contributed by atoms with E-state index in [1.165, 1.54) is 13.2 Å². The van der Waals surface area contributed by atoms with E-state index >= 15 is 0 Å². The van der Waals surface area contributed by atoms with Gasteiger partial charge >= 0.3 is 5.97 Å². The normalized spacial score (nSPS) is 10.8. The van der Waals surface area contributed by atoms with Crippen LogP contribution in [0.2, 0.25) is 0 Å². The van der Waals surface area contributed by atoms with Crippen molar-refractivity contribution in [3.63, 3.8) is 0 Å². The van der Waals surface area contributed by atoms with E-state index in [1.807, 2.05) is 42.5 Å². The molecule has 0 fully saturated rings. The Balaban J connectivity index is 1.66. The smallest absolute Gasteiger partial charge is 0.337 e. The van der Waals surface area contributed by atoms with Gasteiger partial charge in [-0.05, 0) is 41.1 Å². The maximum absolute atomic E-state index is 12.3. The summed E-state index contributed by atoms with van der Waals surface area (Å²) < 4.78 is 4.65. The van der Waals surface area contributed by atoms with Crippen LogP contribution in [0.3, 0.4) is 0 Å². The average Bonchev–Trinajstić information content (AvgIpc) is 2.67. The fraction of sp³-hybridized carbons (Fsp3) is 0.0476. The molecule has 0 aromatic heterocycles. The molecule has 3 aromatic rings. The first-order chi connectivity index (χ1) is 12.2. The lowest BCUT2D eigenvalue weighted by atomic mass is 10.0. The van der Waals surface area contributed by atoms with Crippen molar-refractivity contribution in [2.24, 2.45) is 0 Å². The van der Waals surface area contributed by atoms with Crippen molar-refractivity contribution in [1.29, 1.82) is 0 Å². The second-order valence-corrected chi connectivity index (χ2v) is 5.47. The van der Waals surface area contributed by atoms with E-state index in [9.17, 15) is 9.59 Å². The summed E-state index contributed by atoms with van der Waals surface area (Å²) in [5.74, 6) is -0.460. The molecule has 0 saturated heterocycles. The molecule has 0 aliphatic carbocycles. The number of fused-ring (bicyclic) bond motifs is 1. The van der Waals surface area contributed by atoms with Gasteiger partial charge in [-0.1, -0.05) is 36.4 Å². The number of ketones is 1. The molecule has 0 heterocycles. The van der Waals surface area contributed by atoms with Crippen LogP contribution < -0.4 is 5.32 Å². The van der Waals surface area contributed by atoms with Gasteiger partial charge in [-0.3, -0.25) is 4.79 Å². The summed E-state index contributed by atoms with van der Waals surface area (Å²) in [5, 5.41) is 5.15. The zero-order valence-electron chi connectivity index (χ0n) is 13.7. The first-order valence-electron chi connectivity index (χ1n) is 7.82. The molecule has 1 N–H and O–H groups in total. The number of esters is 1. The number of ether oxygens (including phenoxy) is 1. The van der Waals surface area contributed by atoms with E-state index in [4.69, 9.17) is 0 Å². The molecule has 3 aromatic carbocycles. The zero-order valence-corrected chi connectivity index (χ0v) is 13.7. The highest BCUT2D eigenvalue weighted by atomic mass is 16.5. The molecular formula is C21H17NO3. The molecule has 3 rings (SSSR count). The van der Waals surface area contributed by atoms with Gasteiger partial charge in [-0.15, -0.1) is 0 Å². The molecule has 124 valence electrons. The molecule has 0 aliphatic heterocycles. The molecule has 0 atom stereocenters. The van der Waals surface area contributed by atoms with E-state index in [2.05, 4.69) is 10.1 Å². The number of carbonyl (C=O) groups excluding carboxylic acids is 2. The van der Waals surface area contributed by atoms with Crippen LogP contribution in [-0.2, 0) is 4.74 Å². The number of carbonyl (C=O) groups is 2. The summed E-state index contributed by atoms with van der Waals surface area (Å²) in [6, 6.07) is 20.4. The van der Waals surface area contributed by atoms with Crippen LogP contribution in [-0.4, -0.2) is 18.9 Å². The number of hydrogen-bond donors (Lipinski definition) is 1. The Kier molecular flexibility index (Phi) is 4.90. The number of nitrogens with one attached hydrogen (secondary N) is 1. The average molecular weight is 331 g/mol. The number of methoxy groups -OCH3 is 1. The maximum atomic E-state index is 12.3. The molecular weight excluding hydrogens is 314 g/mol. The summed E-state index contributed by atoms with van der Waals surface area (Å²) in [5.41, 5.74) is 1.89. The topological polar surface area (TPSA) is 55.4 Å². The number of anilines is 1. The Morgan fingerprint density at radius 3 is 2.28 bits per heavy atom. The molecule has 0 unspecified atom stereocenters. The summed E-state index contributed by atoms with van der Waals surface area (Å²) in [6.45, 7) is 0. The van der Waals surface area contributed by atoms with Crippen LogP contribution in [0.5, 0.6) is 0 Å². The van der Waals surface area contributed by atoms with E-state index in [-0.39, 0.29) is 11.8 Å². The fourth-order valence-electron chi connectivity index (χ4n) is 2.47. The molecule has 0 amide bonds. The summed E-state index contributed by atoms with van der Waals surface area (Å²) in [7, 11) is 1.34. The molecule has 0 radical (unpaired) electrons. The molecule has 0 spiro atoms. The Labute approximate surface area is 145 Å². The lowest BCUT2D eigenvalue weighted by Gasteiger charge is -2.03. The quantitative estimate of drug-likeness (QED) is 0.427. The van der Waals surface area contributed by atoms with Crippen molar-refractivity contribution in [3.05, 3.63) is 90.1 Å². The minimum atomic E-state index is -0.381. The van der Waals surface area contributed by atoms with Crippen molar-refractivity contribution in [2.45, 2.75) is 0 Å². The number of rotatable bonds is 5. The van der Waals surface area contributed by atoms with Crippen molar-refractivity contribution < 1.29 is 14.3 Å². The second-order valence-electron chi connectivity index (χ2n) is 5.47. The summed E-state index contributed by atoms with van der Waals surface area (Å²) in [6.07, 6.45) is 3.07. The SMILES string of the molecule is COC(=O)c1ccc(NC=CC(=O)c2ccc3ccccc3c2)cc1. The Morgan fingerprint density at radius 1 is 0.880 bits per heavy atom. The van der Waals surface area contributed by atoms with Crippen LogP contribution in [0.15, 0.2) is 79.0 Å². The van der Waals surface area contributed by atoms with Gasteiger partial charge in [-0.25, -0.2) is 4.79 Å². The van der Waals surface area contributed by atoms with Gasteiger partial charge in [0.1, 0.15) is 0 Å². The first kappa shape index (κ1) is 16.5. The lowest BCUT2D eigenvalue weighted by molar-refractivity contribution is 0.0600. The third kappa shape index (κ3) is 3.93. The Bertz CT molecular complexity index is 943. The molecule has 0 bridgehead atoms. The highest BCUT2D eigenvalue weighted by Gasteiger charge is 2.04. The number of benzene rings is 3. The summed E-state index contributed by atoms with van der Waals surface area (Å²) in [4.78, 5) is 23.6. The number of hydrogen-bond acceptors (Lipinski definition) is 4. The van der Waals surface area contributed by atoms with Gasteiger partial charge in [0.05, 0.1) is 12.7 Å². The standard InChI is InChI=1S/C21H17NO3/c1-25-21(24)16-8-10-19(11-9-16)22-13-12-20(23)18-7-6-15-4-2-3-5-17(15)14-18/h2-14,22H,1H3. The van der Waals surface area contributed by atoms with Crippen molar-refractivity contribution in [2.75, 3.05) is 12.4 Å². The highest BCUT2D eigenvalue weighted by molar-refractivity contribution is 6.06. The highest BCUT2D eigenvalue weighted by Crippen LogP contribution is 2.16. The Morgan fingerprint density at radius 2 is 1.56 bits per heavy atom. The van der Waals surface area contributed by atoms with E-state index in [0.29, 0.717) is 11.1 Å². The zero-order chi connectivity index (χ0) is 17.6. The monoisotopic (exact) mass is 331 g/mol. The van der Waals surface area contributed by atoms with E-state index in [0.717, 1.165) is 16.5 Å². The van der Waals surface area contributed by atoms with E-state index in [1.54, 1.807) is 30.5 Å². The van der Waals surface area contributed by atoms with Crippen molar-refractivity contribution in [1.82, 2.24) is 0 Å². The lowest BCUT2D eigenvalue weighted by Crippen LogP contribution is -2.01. The molecule has 0 aliphatic rings. The molecule has 0 saturated carbocycles. The molecule has 4 heteroatoms. The fourth-order valence-corrected chi connectivity index (χ4v) is 2.47. The molecule has 25 heavy (non-hydrogen) atoms. The minimum Gasteiger partial charge on any atom is -0.465 e. The van der Waals surface area contributed by atoms with Gasteiger partial charge in [0.15, 0.2) is 5.78 Å². The van der Waals surface area contributed by atoms with Crippen LogP contribution in [0.4, 0.5) is 5.69 Å². The largest absolute Gasteiger partial charge is 0.465 e. The van der Waals surface area contributed by atoms with Crippen LogP contribution in [0, 0.1) is 0 Å². The van der Waals surface area contributed by atoms with Gasteiger partial charge in [0.25, 0.3) is 0 Å². The van der Waals surface area contributed by atoms with E-state index < -0.39 is 0 Å². The minimum absolute atomic E-state index is 0.0792. The maximum Gasteiger partial charge on any atom is 0.337 e. The Hall–Kier alpha value is -3.40. The third-order valence-electron chi connectivity index (χ3n) is 3.82. The van der Waals surface area contributed by atoms with Crippen LogP contribution in [0.1, 0.15) is 20.7 Å². The van der Waals surface area contributed by atoms with Gasteiger partial charge in [0.2, 0.25) is 0 Å². The second kappa shape index (κ2) is 7.45. The summed E-state index contributed by atoms with van der Waals surface area (Å²) >= 11 is 0. The van der Waals surface area contributed by atoms with Crippen LogP contribution in [0.25, 0.3) is 10.8 Å². The van der Waals surface area contributed by atoms with Crippen LogP contribution >= 0.6 is 0 Å². The van der Waals surface area contributed by atoms with Crippen molar-refractivity contribution in [3.8, 4) is 0 Å². The first-order valence-corrected chi connectivity index (χ1v) is 7.82. The third-order valence-corrected chi connectivity index (χ3v) is 3.82. The predicted molar refractivity (Wildman–Crippen MR) is 98.8 cm³/mol. The molecule has 4 nitrogen and oxygen atoms in total. The number of allylic oxidation sites excluding steroid dienone is 1. The van der Waals surface area contributed by atoms with Gasteiger partial charge in [-0.2, -0.15) is 0 Å².